The second-order valence-electron chi connectivity index (χ2n) is 1.90. The Labute approximate surface area is 73.9 Å². The molecule has 0 saturated carbocycles. The van der Waals surface area contributed by atoms with Crippen LogP contribution in [0.15, 0.2) is 11.2 Å². The molecule has 66 valence electrons. The second kappa shape index (κ2) is 4.76. The molecule has 0 spiro atoms. The van der Waals surface area contributed by atoms with Gasteiger partial charge < -0.3 is 4.74 Å². The molecule has 1 heterocycles. The average Bonchev–Trinajstić information content (AvgIpc) is 2.53. The number of aromatic amines is 1. The molecule has 1 aromatic heterocycles. The lowest BCUT2D eigenvalue weighted by molar-refractivity contribution is -0.139. The first kappa shape index (κ1) is 9.05. The van der Waals surface area contributed by atoms with Gasteiger partial charge in [-0.25, -0.2) is 0 Å². The lowest BCUT2D eigenvalue weighted by Gasteiger charge is -1.97. The maximum Gasteiger partial charge on any atom is 0.316 e. The van der Waals surface area contributed by atoms with Crippen LogP contribution in [-0.4, -0.2) is 33.7 Å². The Balaban J connectivity index is 2.22. The largest absolute Gasteiger partial charge is 0.465 e. The normalized spacial score (nSPS) is 9.75. The molecular weight excluding hydrogens is 178 g/mol. The van der Waals surface area contributed by atoms with E-state index in [1.54, 1.807) is 13.1 Å². The fourth-order valence-corrected chi connectivity index (χ4v) is 1.18. The first-order valence-corrected chi connectivity index (χ1v) is 4.45. The van der Waals surface area contributed by atoms with Crippen molar-refractivity contribution >= 4 is 17.7 Å². The molecule has 5 nitrogen and oxygen atoms in total. The molecule has 0 amide bonds. The third-order valence-electron chi connectivity index (χ3n) is 1.04. The van der Waals surface area contributed by atoms with Gasteiger partial charge in [-0.15, -0.1) is 5.10 Å². The number of hydrogen-bond donors (Lipinski definition) is 1. The van der Waals surface area contributed by atoms with Crippen molar-refractivity contribution in [3.8, 4) is 0 Å². The van der Waals surface area contributed by atoms with Gasteiger partial charge in [0.1, 0.15) is 5.03 Å². The Morgan fingerprint density at radius 3 is 3.25 bits per heavy atom. The second-order valence-corrected chi connectivity index (χ2v) is 2.90. The molecule has 0 aromatic carbocycles. The van der Waals surface area contributed by atoms with Gasteiger partial charge in [0.05, 0.1) is 18.6 Å². The van der Waals surface area contributed by atoms with E-state index in [-0.39, 0.29) is 11.7 Å². The molecular formula is C6H9N3O2S. The molecule has 0 aliphatic heterocycles. The van der Waals surface area contributed by atoms with Gasteiger partial charge in [0.15, 0.2) is 0 Å². The summed E-state index contributed by atoms with van der Waals surface area (Å²) in [5, 5.41) is 10.5. The van der Waals surface area contributed by atoms with Crippen LogP contribution >= 0.6 is 11.8 Å². The van der Waals surface area contributed by atoms with Crippen molar-refractivity contribution in [3.63, 3.8) is 0 Å². The molecule has 1 aromatic rings. The summed E-state index contributed by atoms with van der Waals surface area (Å²) in [5.74, 6) is 0.0471. The van der Waals surface area contributed by atoms with Crippen LogP contribution in [-0.2, 0) is 9.53 Å². The van der Waals surface area contributed by atoms with Gasteiger partial charge in [0, 0.05) is 0 Å². The molecule has 0 aliphatic carbocycles. The highest BCUT2D eigenvalue weighted by Crippen LogP contribution is 2.11. The highest BCUT2D eigenvalue weighted by molar-refractivity contribution is 7.99. The van der Waals surface area contributed by atoms with Crippen LogP contribution in [0, 0.1) is 0 Å². The Bertz CT molecular complexity index is 237. The number of carbonyl (C=O) groups is 1. The van der Waals surface area contributed by atoms with Crippen LogP contribution < -0.4 is 0 Å². The molecule has 0 aliphatic rings. The minimum atomic E-state index is -0.231. The molecule has 0 atom stereocenters. The zero-order chi connectivity index (χ0) is 8.81. The molecule has 0 radical (unpaired) electrons. The zero-order valence-corrected chi connectivity index (χ0v) is 7.43. The Kier molecular flexibility index (Phi) is 3.59. The minimum Gasteiger partial charge on any atom is -0.465 e. The highest BCUT2D eigenvalue weighted by atomic mass is 32.2. The molecule has 0 unspecified atom stereocenters. The first-order valence-electron chi connectivity index (χ1n) is 3.47. The summed E-state index contributed by atoms with van der Waals surface area (Å²) in [6.07, 6.45) is 1.56. The lowest BCUT2D eigenvalue weighted by atomic mass is 10.8. The number of thioether (sulfide) groups is 1. The van der Waals surface area contributed by atoms with E-state index in [4.69, 9.17) is 4.74 Å². The smallest absolute Gasteiger partial charge is 0.316 e. The number of nitrogens with zero attached hydrogens (tertiary/aromatic N) is 2. The topological polar surface area (TPSA) is 67.9 Å². The summed E-state index contributed by atoms with van der Waals surface area (Å²) >= 11 is 1.30. The number of nitrogens with one attached hydrogen (secondary N) is 1. The fraction of sp³-hybridized carbons (Fsp3) is 0.500. The van der Waals surface area contributed by atoms with E-state index in [0.717, 1.165) is 0 Å². The number of esters is 1. The van der Waals surface area contributed by atoms with Crippen molar-refractivity contribution in [1.29, 1.82) is 0 Å². The predicted molar refractivity (Wildman–Crippen MR) is 43.7 cm³/mol. The lowest BCUT2D eigenvalue weighted by Crippen LogP contribution is -2.06. The predicted octanol–water partition coefficient (Wildman–Crippen LogP) is 0.460. The summed E-state index contributed by atoms with van der Waals surface area (Å²) < 4.78 is 4.72. The van der Waals surface area contributed by atoms with E-state index < -0.39 is 0 Å². The zero-order valence-electron chi connectivity index (χ0n) is 6.61. The first-order chi connectivity index (χ1) is 5.83. The van der Waals surface area contributed by atoms with Crippen molar-refractivity contribution in [2.45, 2.75) is 11.9 Å². The van der Waals surface area contributed by atoms with Crippen molar-refractivity contribution in [2.24, 2.45) is 0 Å². The Hall–Kier alpha value is -1.04. The minimum absolute atomic E-state index is 0.231. The molecule has 12 heavy (non-hydrogen) atoms. The van der Waals surface area contributed by atoms with E-state index >= 15 is 0 Å². The van der Waals surface area contributed by atoms with Crippen molar-refractivity contribution in [1.82, 2.24) is 15.4 Å². The van der Waals surface area contributed by atoms with Gasteiger partial charge in [0.2, 0.25) is 0 Å². The van der Waals surface area contributed by atoms with Gasteiger partial charge in [-0.05, 0) is 6.92 Å². The number of ether oxygens (including phenoxy) is 1. The van der Waals surface area contributed by atoms with E-state index in [1.165, 1.54) is 11.8 Å². The summed E-state index contributed by atoms with van der Waals surface area (Å²) in [6, 6.07) is 0. The quantitative estimate of drug-likeness (QED) is 0.548. The van der Waals surface area contributed by atoms with Gasteiger partial charge in [-0.2, -0.15) is 10.3 Å². The van der Waals surface area contributed by atoms with Crippen molar-refractivity contribution in [2.75, 3.05) is 12.4 Å². The Morgan fingerprint density at radius 2 is 2.67 bits per heavy atom. The standard InChI is InChI=1S/C6H9N3O2S/c1-2-11-6(10)4-12-5-3-7-9-8-5/h3H,2,4H2,1H3,(H,7,8,9). The third kappa shape index (κ3) is 2.91. The molecule has 6 heteroatoms. The monoisotopic (exact) mass is 187 g/mol. The van der Waals surface area contributed by atoms with Gasteiger partial charge in [0.25, 0.3) is 0 Å². The molecule has 0 bridgehead atoms. The van der Waals surface area contributed by atoms with Crippen LogP contribution in [0.4, 0.5) is 0 Å². The average molecular weight is 187 g/mol. The maximum absolute atomic E-state index is 10.8. The number of hydrogen-bond acceptors (Lipinski definition) is 5. The van der Waals surface area contributed by atoms with Crippen LogP contribution in [0.5, 0.6) is 0 Å². The van der Waals surface area contributed by atoms with Gasteiger partial charge in [-0.1, -0.05) is 11.8 Å². The van der Waals surface area contributed by atoms with E-state index in [0.29, 0.717) is 11.6 Å². The number of rotatable bonds is 4. The van der Waals surface area contributed by atoms with E-state index in [2.05, 4.69) is 15.4 Å². The summed E-state index contributed by atoms with van der Waals surface area (Å²) in [7, 11) is 0. The van der Waals surface area contributed by atoms with Crippen LogP contribution in [0.1, 0.15) is 6.92 Å². The number of carbonyl (C=O) groups excluding carboxylic acids is 1. The van der Waals surface area contributed by atoms with E-state index in [1.807, 2.05) is 0 Å². The van der Waals surface area contributed by atoms with Gasteiger partial charge in [-0.3, -0.25) is 4.79 Å². The Morgan fingerprint density at radius 1 is 1.83 bits per heavy atom. The summed E-state index contributed by atoms with van der Waals surface area (Å²) in [4.78, 5) is 10.8. The van der Waals surface area contributed by atoms with Crippen LogP contribution in [0.25, 0.3) is 0 Å². The van der Waals surface area contributed by atoms with Crippen LogP contribution in [0.3, 0.4) is 0 Å². The van der Waals surface area contributed by atoms with Crippen molar-refractivity contribution < 1.29 is 9.53 Å². The fourth-order valence-electron chi connectivity index (χ4n) is 0.596. The molecule has 0 fully saturated rings. The maximum atomic E-state index is 10.8. The highest BCUT2D eigenvalue weighted by Gasteiger charge is 2.03. The van der Waals surface area contributed by atoms with Crippen LogP contribution in [0.2, 0.25) is 0 Å². The van der Waals surface area contributed by atoms with Gasteiger partial charge >= 0.3 is 5.97 Å². The molecule has 1 N–H and O–H groups in total. The third-order valence-corrected chi connectivity index (χ3v) is 1.91. The number of aromatic nitrogens is 3. The van der Waals surface area contributed by atoms with Crippen molar-refractivity contribution in [3.05, 3.63) is 6.20 Å². The summed E-state index contributed by atoms with van der Waals surface area (Å²) in [5.41, 5.74) is 0. The number of H-pyrrole nitrogens is 1. The molecule has 0 saturated heterocycles. The summed E-state index contributed by atoms with van der Waals surface area (Å²) in [6.45, 7) is 2.19. The van der Waals surface area contributed by atoms with E-state index in [9.17, 15) is 4.79 Å². The molecule has 1 rings (SSSR count). The SMILES string of the molecule is CCOC(=O)CSc1cn[nH]n1.